The van der Waals surface area contributed by atoms with Crippen molar-refractivity contribution in [2.24, 2.45) is 5.73 Å². The largest absolute Gasteiger partial charge is 0.351 e. The van der Waals surface area contributed by atoms with Gasteiger partial charge in [0.2, 0.25) is 5.95 Å². The van der Waals surface area contributed by atoms with Gasteiger partial charge in [0.15, 0.2) is 0 Å². The third-order valence-electron chi connectivity index (χ3n) is 5.71. The molecule has 3 heterocycles. The van der Waals surface area contributed by atoms with Crippen LogP contribution in [0.4, 0.5) is 5.95 Å². The first kappa shape index (κ1) is 19.0. The Balaban J connectivity index is 1.46. The Labute approximate surface area is 180 Å². The maximum absolute atomic E-state index is 6.47. The van der Waals surface area contributed by atoms with Gasteiger partial charge in [-0.25, -0.2) is 15.0 Å². The number of nitrogens with two attached hydrogens (primary N) is 1. The highest BCUT2D eigenvalue weighted by atomic mass is 35.5. The number of benzene rings is 1. The minimum atomic E-state index is 0.309. The summed E-state index contributed by atoms with van der Waals surface area (Å²) in [6.45, 7) is 0. The van der Waals surface area contributed by atoms with Crippen LogP contribution in [0.2, 0.25) is 5.02 Å². The number of imidazole rings is 1. The van der Waals surface area contributed by atoms with Crippen molar-refractivity contribution in [2.75, 3.05) is 5.32 Å². The highest BCUT2D eigenvalue weighted by Gasteiger charge is 2.20. The molecule has 0 radical (unpaired) electrons. The van der Waals surface area contributed by atoms with Crippen molar-refractivity contribution in [2.45, 2.75) is 37.8 Å². The fourth-order valence-corrected chi connectivity index (χ4v) is 4.22. The molecule has 0 atom stereocenters. The van der Waals surface area contributed by atoms with Crippen molar-refractivity contribution in [1.29, 1.82) is 0 Å². The first-order valence-electron chi connectivity index (χ1n) is 10.2. The van der Waals surface area contributed by atoms with E-state index in [0.29, 0.717) is 28.7 Å². The van der Waals surface area contributed by atoms with E-state index >= 15 is 0 Å². The number of halogens is 1. The molecule has 4 aromatic rings. The summed E-state index contributed by atoms with van der Waals surface area (Å²) in [7, 11) is 0. The molecule has 0 unspecified atom stereocenters. The predicted molar refractivity (Wildman–Crippen MR) is 121 cm³/mol. The second-order valence-electron chi connectivity index (χ2n) is 7.80. The van der Waals surface area contributed by atoms with Crippen LogP contribution >= 0.6 is 11.6 Å². The number of fused-ring (bicyclic) bond motifs is 1. The number of nitrogens with one attached hydrogen (secondary N) is 1. The standard InChI is InChI=1S/C23H23ClN6/c24-19-13-27-23(28-18-8-6-17(25)7-9-18)29-22(19)20-14-26-21-12-16(10-11-30(20)21)15-4-2-1-3-5-15/h1-5,10-14,17-18H,6-9,25H2,(H,27,28,29)/t17-,18-. The molecule has 5 rings (SSSR count). The van der Waals surface area contributed by atoms with Crippen molar-refractivity contribution >= 4 is 23.2 Å². The van der Waals surface area contributed by atoms with Gasteiger partial charge in [-0.1, -0.05) is 41.9 Å². The maximum atomic E-state index is 6.47. The fraction of sp³-hybridized carbons (Fsp3) is 0.261. The summed E-state index contributed by atoms with van der Waals surface area (Å²) in [6.07, 6.45) is 9.57. The Bertz CT molecular complexity index is 1170. The van der Waals surface area contributed by atoms with Crippen LogP contribution in [0.3, 0.4) is 0 Å². The van der Waals surface area contributed by atoms with Crippen LogP contribution in [0.5, 0.6) is 0 Å². The topological polar surface area (TPSA) is 81.1 Å². The van der Waals surface area contributed by atoms with E-state index in [1.54, 1.807) is 6.20 Å². The Morgan fingerprint density at radius 2 is 1.77 bits per heavy atom. The van der Waals surface area contributed by atoms with Gasteiger partial charge < -0.3 is 11.1 Å². The van der Waals surface area contributed by atoms with Gasteiger partial charge >= 0.3 is 0 Å². The van der Waals surface area contributed by atoms with Crippen LogP contribution in [-0.2, 0) is 0 Å². The Morgan fingerprint density at radius 1 is 0.967 bits per heavy atom. The zero-order chi connectivity index (χ0) is 20.5. The minimum Gasteiger partial charge on any atom is -0.351 e. The van der Waals surface area contributed by atoms with E-state index in [-0.39, 0.29) is 0 Å². The van der Waals surface area contributed by atoms with Crippen molar-refractivity contribution in [3.63, 3.8) is 0 Å². The summed E-state index contributed by atoms with van der Waals surface area (Å²) in [5, 5.41) is 3.94. The number of nitrogens with zero attached hydrogens (tertiary/aromatic N) is 4. The van der Waals surface area contributed by atoms with E-state index in [0.717, 1.165) is 48.2 Å². The molecule has 1 fully saturated rings. The van der Waals surface area contributed by atoms with Crippen LogP contribution in [0.15, 0.2) is 61.1 Å². The summed E-state index contributed by atoms with van der Waals surface area (Å²) >= 11 is 6.47. The number of pyridine rings is 1. The van der Waals surface area contributed by atoms with Crippen molar-refractivity contribution in [3.8, 4) is 22.5 Å². The molecule has 152 valence electrons. The molecule has 30 heavy (non-hydrogen) atoms. The summed E-state index contributed by atoms with van der Waals surface area (Å²) < 4.78 is 2.00. The van der Waals surface area contributed by atoms with E-state index in [9.17, 15) is 0 Å². The van der Waals surface area contributed by atoms with Gasteiger partial charge in [0, 0.05) is 18.3 Å². The van der Waals surface area contributed by atoms with Gasteiger partial charge in [-0.05, 0) is 48.9 Å². The zero-order valence-electron chi connectivity index (χ0n) is 16.5. The highest BCUT2D eigenvalue weighted by molar-refractivity contribution is 6.32. The number of anilines is 1. The molecule has 6 nitrogen and oxygen atoms in total. The quantitative estimate of drug-likeness (QED) is 0.497. The van der Waals surface area contributed by atoms with E-state index in [1.165, 1.54) is 0 Å². The van der Waals surface area contributed by atoms with Crippen molar-refractivity contribution in [3.05, 3.63) is 66.1 Å². The zero-order valence-corrected chi connectivity index (χ0v) is 17.3. The Kier molecular flexibility index (Phi) is 5.11. The molecule has 0 saturated heterocycles. The smallest absolute Gasteiger partial charge is 0.223 e. The van der Waals surface area contributed by atoms with Gasteiger partial charge in [-0.2, -0.15) is 0 Å². The second-order valence-corrected chi connectivity index (χ2v) is 8.21. The first-order valence-corrected chi connectivity index (χ1v) is 10.6. The maximum Gasteiger partial charge on any atom is 0.223 e. The molecule has 7 heteroatoms. The van der Waals surface area contributed by atoms with Gasteiger partial charge in [0.1, 0.15) is 11.3 Å². The molecule has 0 amide bonds. The molecular weight excluding hydrogens is 396 g/mol. The number of hydrogen-bond acceptors (Lipinski definition) is 5. The molecule has 1 aromatic carbocycles. The summed E-state index contributed by atoms with van der Waals surface area (Å²) in [5.74, 6) is 0.589. The summed E-state index contributed by atoms with van der Waals surface area (Å²) in [5.41, 5.74) is 10.6. The molecule has 1 saturated carbocycles. The van der Waals surface area contributed by atoms with Gasteiger partial charge in [-0.3, -0.25) is 4.40 Å². The van der Waals surface area contributed by atoms with Gasteiger partial charge in [0.05, 0.1) is 23.1 Å². The normalized spacial score (nSPS) is 19.1. The van der Waals surface area contributed by atoms with Gasteiger partial charge in [-0.15, -0.1) is 0 Å². The van der Waals surface area contributed by atoms with Crippen LogP contribution < -0.4 is 11.1 Å². The molecule has 0 bridgehead atoms. The average molecular weight is 419 g/mol. The SMILES string of the molecule is N[C@H]1CC[C@H](Nc2ncc(Cl)c(-c3cnc4cc(-c5ccccc5)ccn34)n2)CC1. The third kappa shape index (κ3) is 3.76. The second kappa shape index (κ2) is 8.05. The lowest BCUT2D eigenvalue weighted by Gasteiger charge is -2.26. The lowest BCUT2D eigenvalue weighted by atomic mass is 9.92. The fourth-order valence-electron chi connectivity index (χ4n) is 4.03. The first-order chi connectivity index (χ1) is 14.7. The lowest BCUT2D eigenvalue weighted by Crippen LogP contribution is -2.33. The van der Waals surface area contributed by atoms with E-state index in [4.69, 9.17) is 22.3 Å². The van der Waals surface area contributed by atoms with E-state index in [2.05, 4.69) is 39.6 Å². The summed E-state index contributed by atoms with van der Waals surface area (Å²) in [4.78, 5) is 13.7. The van der Waals surface area contributed by atoms with Crippen LogP contribution in [0.25, 0.3) is 28.2 Å². The monoisotopic (exact) mass is 418 g/mol. The molecule has 0 spiro atoms. The summed E-state index contributed by atoms with van der Waals surface area (Å²) in [6, 6.07) is 15.1. The van der Waals surface area contributed by atoms with Crippen LogP contribution in [0.1, 0.15) is 25.7 Å². The molecule has 3 N–H and O–H groups in total. The Morgan fingerprint density at radius 3 is 2.57 bits per heavy atom. The molecule has 3 aromatic heterocycles. The number of hydrogen-bond donors (Lipinski definition) is 2. The predicted octanol–water partition coefficient (Wildman–Crippen LogP) is 4.79. The van der Waals surface area contributed by atoms with E-state index < -0.39 is 0 Å². The van der Waals surface area contributed by atoms with Crippen LogP contribution in [0, 0.1) is 0 Å². The number of aromatic nitrogens is 4. The molecular formula is C23H23ClN6. The highest BCUT2D eigenvalue weighted by Crippen LogP contribution is 2.29. The van der Waals surface area contributed by atoms with Crippen molar-refractivity contribution < 1.29 is 0 Å². The van der Waals surface area contributed by atoms with Gasteiger partial charge in [0.25, 0.3) is 0 Å². The molecule has 1 aliphatic rings. The minimum absolute atomic E-state index is 0.309. The van der Waals surface area contributed by atoms with E-state index in [1.807, 2.05) is 35.0 Å². The third-order valence-corrected chi connectivity index (χ3v) is 5.99. The molecule has 1 aliphatic carbocycles. The van der Waals surface area contributed by atoms with Crippen molar-refractivity contribution in [1.82, 2.24) is 19.4 Å². The van der Waals surface area contributed by atoms with Crippen LogP contribution in [-0.4, -0.2) is 31.4 Å². The lowest BCUT2D eigenvalue weighted by molar-refractivity contribution is 0.410. The number of rotatable bonds is 4. The Hall–Kier alpha value is -2.96. The molecule has 0 aliphatic heterocycles. The average Bonchev–Trinajstić information content (AvgIpc) is 3.20.